The molecule has 6 nitrogen and oxygen atoms in total. The molecule has 1 aliphatic rings. The van der Waals surface area contributed by atoms with Gasteiger partial charge in [0, 0.05) is 12.5 Å². The Bertz CT molecular complexity index is 306. The van der Waals surface area contributed by atoms with Crippen molar-refractivity contribution in [1.29, 1.82) is 0 Å². The predicted molar refractivity (Wildman–Crippen MR) is 43.0 cm³/mol. The maximum atomic E-state index is 11.2. The number of carbonyl (C=O) groups is 3. The van der Waals surface area contributed by atoms with Crippen LogP contribution in [-0.2, 0) is 14.4 Å². The predicted octanol–water partition coefficient (Wildman–Crippen LogP) is -2.23. The lowest BCUT2D eigenvalue weighted by Crippen LogP contribution is -2.34. The molecule has 0 aromatic carbocycles. The van der Waals surface area contributed by atoms with Gasteiger partial charge in [0.1, 0.15) is 0 Å². The van der Waals surface area contributed by atoms with E-state index in [9.17, 15) is 14.4 Å². The fraction of sp³-hybridized carbons (Fsp3) is 0.286. The zero-order chi connectivity index (χ0) is 10.0. The number of nitrogens with two attached hydrogens (primary N) is 2. The Labute approximate surface area is 73.9 Å². The van der Waals surface area contributed by atoms with Crippen LogP contribution in [0.25, 0.3) is 0 Å². The number of imide groups is 1. The first-order chi connectivity index (χ1) is 6.00. The Morgan fingerprint density at radius 3 is 2.46 bits per heavy atom. The Hall–Kier alpha value is -1.53. The van der Waals surface area contributed by atoms with Gasteiger partial charge in [0.15, 0.2) is 5.78 Å². The van der Waals surface area contributed by atoms with Gasteiger partial charge in [-0.05, 0) is 0 Å². The molecule has 1 aliphatic heterocycles. The maximum Gasteiger partial charge on any atom is 0.261 e. The smallest absolute Gasteiger partial charge is 0.261 e. The summed E-state index contributed by atoms with van der Waals surface area (Å²) in [6.07, 6.45) is -0.00329. The molecule has 0 saturated carbocycles. The fourth-order valence-electron chi connectivity index (χ4n) is 0.943. The van der Waals surface area contributed by atoms with Crippen LogP contribution in [0.4, 0.5) is 0 Å². The average Bonchev–Trinajstić information content (AvgIpc) is 2.28. The van der Waals surface area contributed by atoms with Crippen molar-refractivity contribution in [2.75, 3.05) is 0 Å². The molecule has 70 valence electrons. The highest BCUT2D eigenvalue weighted by Crippen LogP contribution is 2.06. The third-order valence-corrected chi connectivity index (χ3v) is 1.48. The van der Waals surface area contributed by atoms with Crippen LogP contribution in [0.15, 0.2) is 11.6 Å². The van der Waals surface area contributed by atoms with Crippen molar-refractivity contribution in [3.8, 4) is 0 Å². The molecule has 0 atom stereocenters. The summed E-state index contributed by atoms with van der Waals surface area (Å²) in [6, 6.07) is 0. The third-order valence-electron chi connectivity index (χ3n) is 1.48. The Morgan fingerprint density at radius 1 is 1.46 bits per heavy atom. The van der Waals surface area contributed by atoms with E-state index < -0.39 is 23.8 Å². The molecule has 0 saturated heterocycles. The van der Waals surface area contributed by atoms with Crippen molar-refractivity contribution < 1.29 is 14.4 Å². The maximum absolute atomic E-state index is 11.2. The first kappa shape index (κ1) is 9.56. The molecule has 0 aliphatic carbocycles. The molecule has 0 radical (unpaired) electrons. The van der Waals surface area contributed by atoms with Crippen molar-refractivity contribution in [2.45, 2.75) is 12.6 Å². The van der Waals surface area contributed by atoms with Gasteiger partial charge in [-0.2, -0.15) is 0 Å². The number of amides is 2. The molecule has 0 aromatic heterocycles. The van der Waals surface area contributed by atoms with E-state index in [2.05, 4.69) is 0 Å². The zero-order valence-corrected chi connectivity index (χ0v) is 6.74. The van der Waals surface area contributed by atoms with Crippen molar-refractivity contribution >= 4 is 17.6 Å². The highest BCUT2D eigenvalue weighted by atomic mass is 16.2. The van der Waals surface area contributed by atoms with Crippen LogP contribution in [0.2, 0.25) is 0 Å². The lowest BCUT2D eigenvalue weighted by atomic mass is 10.1. The summed E-state index contributed by atoms with van der Waals surface area (Å²) in [5.41, 5.74) is 10.1. The second-order valence-corrected chi connectivity index (χ2v) is 2.67. The minimum absolute atomic E-state index is 0.146. The van der Waals surface area contributed by atoms with Crippen LogP contribution < -0.4 is 16.8 Å². The molecular formula is C7H9N3O3. The SMILES string of the molecule is NC(N)CC(=O)C1=CC(=O)NC1=O. The number of carbonyl (C=O) groups excluding carboxylic acids is 3. The molecule has 0 aromatic rings. The van der Waals surface area contributed by atoms with Crippen LogP contribution in [-0.4, -0.2) is 23.8 Å². The normalized spacial score (nSPS) is 16.1. The minimum atomic E-state index is -0.808. The monoisotopic (exact) mass is 183 g/mol. The second kappa shape index (κ2) is 3.46. The standard InChI is InChI=1S/C7H9N3O3/c8-5(9)2-4(11)3-1-6(12)10-7(3)13/h1,5H,2,8-9H2,(H,10,12,13). The molecular weight excluding hydrogens is 174 g/mol. The van der Waals surface area contributed by atoms with E-state index in [1.54, 1.807) is 0 Å². The number of Topliss-reactive ketones (excluding diaryl/α,β-unsaturated/α-hetero) is 1. The van der Waals surface area contributed by atoms with Gasteiger partial charge in [0.2, 0.25) is 0 Å². The molecule has 1 heterocycles. The van der Waals surface area contributed by atoms with Gasteiger partial charge in [0.05, 0.1) is 11.7 Å². The first-order valence-corrected chi connectivity index (χ1v) is 3.62. The van der Waals surface area contributed by atoms with Gasteiger partial charge < -0.3 is 11.5 Å². The summed E-state index contributed by atoms with van der Waals surface area (Å²) in [5.74, 6) is -1.78. The van der Waals surface area contributed by atoms with E-state index >= 15 is 0 Å². The van der Waals surface area contributed by atoms with Gasteiger partial charge in [0.25, 0.3) is 11.8 Å². The molecule has 6 heteroatoms. The van der Waals surface area contributed by atoms with Crippen LogP contribution in [0, 0.1) is 0 Å². The molecule has 0 unspecified atom stereocenters. The molecule has 0 fully saturated rings. The van der Waals surface area contributed by atoms with E-state index in [0.29, 0.717) is 0 Å². The lowest BCUT2D eigenvalue weighted by Gasteiger charge is -2.02. The first-order valence-electron chi connectivity index (χ1n) is 3.62. The highest BCUT2D eigenvalue weighted by Gasteiger charge is 2.26. The lowest BCUT2D eigenvalue weighted by molar-refractivity contribution is -0.125. The molecule has 2 amide bonds. The topological polar surface area (TPSA) is 115 Å². The van der Waals surface area contributed by atoms with Gasteiger partial charge in [-0.15, -0.1) is 0 Å². The fourth-order valence-corrected chi connectivity index (χ4v) is 0.943. The Balaban J connectivity index is 2.72. The number of rotatable bonds is 3. The molecule has 0 bridgehead atoms. The molecule has 1 rings (SSSR count). The minimum Gasteiger partial charge on any atom is -0.316 e. The van der Waals surface area contributed by atoms with Crippen molar-refractivity contribution in [2.24, 2.45) is 11.5 Å². The van der Waals surface area contributed by atoms with E-state index in [1.165, 1.54) is 0 Å². The van der Waals surface area contributed by atoms with Crippen molar-refractivity contribution in [1.82, 2.24) is 5.32 Å². The van der Waals surface area contributed by atoms with E-state index in [4.69, 9.17) is 11.5 Å². The van der Waals surface area contributed by atoms with Crippen LogP contribution in [0.5, 0.6) is 0 Å². The number of hydrogen-bond donors (Lipinski definition) is 3. The Kier molecular flexibility index (Phi) is 2.54. The summed E-state index contributed by atoms with van der Waals surface area (Å²) >= 11 is 0. The van der Waals surface area contributed by atoms with E-state index in [-0.39, 0.29) is 12.0 Å². The van der Waals surface area contributed by atoms with E-state index in [0.717, 1.165) is 6.08 Å². The molecule has 13 heavy (non-hydrogen) atoms. The summed E-state index contributed by atoms with van der Waals surface area (Å²) in [6.45, 7) is 0. The summed E-state index contributed by atoms with van der Waals surface area (Å²) in [4.78, 5) is 32.7. The summed E-state index contributed by atoms with van der Waals surface area (Å²) in [5, 5.41) is 1.95. The number of ketones is 1. The molecule has 5 N–H and O–H groups in total. The third kappa shape index (κ3) is 2.20. The summed E-state index contributed by atoms with van der Waals surface area (Å²) in [7, 11) is 0. The van der Waals surface area contributed by atoms with Gasteiger partial charge >= 0.3 is 0 Å². The van der Waals surface area contributed by atoms with Gasteiger partial charge in [-0.3, -0.25) is 19.7 Å². The summed E-state index contributed by atoms with van der Waals surface area (Å²) < 4.78 is 0. The Morgan fingerprint density at radius 2 is 2.08 bits per heavy atom. The molecule has 0 spiro atoms. The number of hydrogen-bond acceptors (Lipinski definition) is 5. The van der Waals surface area contributed by atoms with Crippen LogP contribution in [0.1, 0.15) is 6.42 Å². The van der Waals surface area contributed by atoms with Gasteiger partial charge in [-0.1, -0.05) is 0 Å². The number of nitrogens with one attached hydrogen (secondary N) is 1. The van der Waals surface area contributed by atoms with Crippen molar-refractivity contribution in [3.05, 3.63) is 11.6 Å². The largest absolute Gasteiger partial charge is 0.316 e. The second-order valence-electron chi connectivity index (χ2n) is 2.67. The highest BCUT2D eigenvalue weighted by molar-refractivity contribution is 6.30. The van der Waals surface area contributed by atoms with Crippen molar-refractivity contribution in [3.63, 3.8) is 0 Å². The average molecular weight is 183 g/mol. The van der Waals surface area contributed by atoms with E-state index in [1.807, 2.05) is 5.32 Å². The quantitative estimate of drug-likeness (QED) is 0.260. The zero-order valence-electron chi connectivity index (χ0n) is 6.74. The van der Waals surface area contributed by atoms with Gasteiger partial charge in [-0.25, -0.2) is 0 Å². The van der Waals surface area contributed by atoms with Crippen LogP contribution in [0.3, 0.4) is 0 Å². The van der Waals surface area contributed by atoms with Crippen LogP contribution >= 0.6 is 0 Å².